The van der Waals surface area contributed by atoms with Gasteiger partial charge in [-0.1, -0.05) is 17.7 Å². The van der Waals surface area contributed by atoms with Crippen LogP contribution in [0.1, 0.15) is 57.4 Å². The lowest BCUT2D eigenvalue weighted by Gasteiger charge is -2.59. The molecule has 5 aliphatic rings. The average Bonchev–Trinajstić information content (AvgIpc) is 3.03. The standard InChI is InChI=1S/C24H32N2O2/c1-15-3-5-21(6-4-15)26-14-20(10-22(26)27)23(28)25-16(2)24-11-17-7-18(12-24)9-19(8-17)13-24/h3-6,16-20H,7-14H2,1-2H3,(H,25,28). The second-order valence-corrected chi connectivity index (χ2v) is 10.3. The summed E-state index contributed by atoms with van der Waals surface area (Å²) in [6.45, 7) is 4.76. The number of hydrogen-bond acceptors (Lipinski definition) is 2. The third kappa shape index (κ3) is 3.05. The first-order chi connectivity index (χ1) is 13.4. The summed E-state index contributed by atoms with van der Waals surface area (Å²) >= 11 is 0. The predicted molar refractivity (Wildman–Crippen MR) is 110 cm³/mol. The van der Waals surface area contributed by atoms with Crippen LogP contribution in [0.15, 0.2) is 24.3 Å². The van der Waals surface area contributed by atoms with Gasteiger partial charge in [0.05, 0.1) is 5.92 Å². The summed E-state index contributed by atoms with van der Waals surface area (Å²) in [5.41, 5.74) is 2.39. The lowest BCUT2D eigenvalue weighted by Crippen LogP contribution is -2.56. The predicted octanol–water partition coefficient (Wildman–Crippen LogP) is 4.07. The summed E-state index contributed by atoms with van der Waals surface area (Å²) in [4.78, 5) is 27.3. The number of aryl methyl sites for hydroxylation is 1. The molecule has 4 aliphatic carbocycles. The molecule has 2 unspecified atom stereocenters. The van der Waals surface area contributed by atoms with Gasteiger partial charge in [0.15, 0.2) is 0 Å². The molecule has 150 valence electrons. The van der Waals surface area contributed by atoms with Crippen molar-refractivity contribution in [2.45, 2.75) is 64.8 Å². The zero-order chi connectivity index (χ0) is 19.5. The van der Waals surface area contributed by atoms with Crippen LogP contribution in [0, 0.1) is 36.0 Å². The van der Waals surface area contributed by atoms with E-state index in [0.717, 1.165) is 23.4 Å². The summed E-state index contributed by atoms with van der Waals surface area (Å²) in [7, 11) is 0. The molecular formula is C24H32N2O2. The van der Waals surface area contributed by atoms with Crippen LogP contribution in [-0.4, -0.2) is 24.4 Å². The number of amides is 2. The van der Waals surface area contributed by atoms with Crippen molar-refractivity contribution in [2.75, 3.05) is 11.4 Å². The Labute approximate surface area is 168 Å². The van der Waals surface area contributed by atoms with Gasteiger partial charge in [0.25, 0.3) is 0 Å². The molecule has 4 nitrogen and oxygen atoms in total. The number of anilines is 1. The lowest BCUT2D eigenvalue weighted by molar-refractivity contribution is -0.130. The zero-order valence-corrected chi connectivity index (χ0v) is 17.1. The summed E-state index contributed by atoms with van der Waals surface area (Å²) in [6.07, 6.45) is 8.46. The van der Waals surface area contributed by atoms with Gasteiger partial charge in [0, 0.05) is 24.7 Å². The molecule has 4 bridgehead atoms. The Balaban J connectivity index is 1.25. The molecule has 5 fully saturated rings. The van der Waals surface area contributed by atoms with Crippen LogP contribution in [0.5, 0.6) is 0 Å². The van der Waals surface area contributed by atoms with E-state index in [2.05, 4.69) is 12.2 Å². The van der Waals surface area contributed by atoms with Crippen LogP contribution in [-0.2, 0) is 9.59 Å². The number of nitrogens with one attached hydrogen (secondary N) is 1. The van der Waals surface area contributed by atoms with Crippen molar-refractivity contribution < 1.29 is 9.59 Å². The third-order valence-corrected chi connectivity index (χ3v) is 8.20. The molecule has 1 aromatic rings. The number of hydrogen-bond donors (Lipinski definition) is 1. The first kappa shape index (κ1) is 18.2. The van der Waals surface area contributed by atoms with Crippen LogP contribution in [0.4, 0.5) is 5.69 Å². The minimum absolute atomic E-state index is 0.0615. The van der Waals surface area contributed by atoms with Gasteiger partial charge in [-0.05, 0) is 87.7 Å². The van der Waals surface area contributed by atoms with Crippen molar-refractivity contribution >= 4 is 17.5 Å². The number of nitrogens with zero attached hydrogens (tertiary/aromatic N) is 1. The number of carbonyl (C=O) groups excluding carboxylic acids is 2. The molecule has 2 amide bonds. The van der Waals surface area contributed by atoms with Gasteiger partial charge in [-0.2, -0.15) is 0 Å². The van der Waals surface area contributed by atoms with Crippen LogP contribution in [0.2, 0.25) is 0 Å². The fourth-order valence-electron chi connectivity index (χ4n) is 7.05. The highest BCUT2D eigenvalue weighted by Crippen LogP contribution is 2.61. The van der Waals surface area contributed by atoms with Gasteiger partial charge in [-0.3, -0.25) is 9.59 Å². The first-order valence-electron chi connectivity index (χ1n) is 11.1. The molecule has 0 aromatic heterocycles. The van der Waals surface area contributed by atoms with Gasteiger partial charge < -0.3 is 10.2 Å². The van der Waals surface area contributed by atoms with Gasteiger partial charge in [-0.15, -0.1) is 0 Å². The summed E-state index contributed by atoms with van der Waals surface area (Å²) in [5.74, 6) is 2.56. The molecule has 4 saturated carbocycles. The highest BCUT2D eigenvalue weighted by Gasteiger charge is 2.53. The monoisotopic (exact) mass is 380 g/mol. The van der Waals surface area contributed by atoms with Crippen molar-refractivity contribution in [2.24, 2.45) is 29.1 Å². The van der Waals surface area contributed by atoms with E-state index in [0.29, 0.717) is 18.4 Å². The van der Waals surface area contributed by atoms with Crippen molar-refractivity contribution in [3.05, 3.63) is 29.8 Å². The summed E-state index contributed by atoms with van der Waals surface area (Å²) in [6, 6.07) is 8.21. The van der Waals surface area contributed by atoms with Crippen LogP contribution < -0.4 is 10.2 Å². The molecule has 0 radical (unpaired) electrons. The molecule has 1 aromatic carbocycles. The average molecular weight is 381 g/mol. The first-order valence-corrected chi connectivity index (χ1v) is 11.1. The van der Waals surface area contributed by atoms with Crippen LogP contribution >= 0.6 is 0 Å². The largest absolute Gasteiger partial charge is 0.353 e. The summed E-state index contributed by atoms with van der Waals surface area (Å²) in [5, 5.41) is 3.36. The van der Waals surface area contributed by atoms with E-state index < -0.39 is 0 Å². The maximum Gasteiger partial charge on any atom is 0.227 e. The van der Waals surface area contributed by atoms with E-state index >= 15 is 0 Å². The molecule has 1 heterocycles. The van der Waals surface area contributed by atoms with Crippen molar-refractivity contribution in [3.63, 3.8) is 0 Å². The minimum Gasteiger partial charge on any atom is -0.353 e. The molecule has 28 heavy (non-hydrogen) atoms. The SMILES string of the molecule is Cc1ccc(N2CC(C(=O)NC(C)C34CC5CC(CC(C5)C3)C4)CC2=O)cc1. The molecule has 1 N–H and O–H groups in total. The molecule has 1 saturated heterocycles. The highest BCUT2D eigenvalue weighted by atomic mass is 16.2. The number of carbonyl (C=O) groups is 2. The molecular weight excluding hydrogens is 348 g/mol. The van der Waals surface area contributed by atoms with Crippen LogP contribution in [0.25, 0.3) is 0 Å². The molecule has 4 heteroatoms. The fourth-order valence-corrected chi connectivity index (χ4v) is 7.05. The lowest BCUT2D eigenvalue weighted by atomic mass is 9.48. The smallest absolute Gasteiger partial charge is 0.227 e. The number of rotatable bonds is 4. The third-order valence-electron chi connectivity index (χ3n) is 8.20. The van der Waals surface area contributed by atoms with Gasteiger partial charge in [0.2, 0.25) is 11.8 Å². The molecule has 1 aliphatic heterocycles. The zero-order valence-electron chi connectivity index (χ0n) is 17.1. The summed E-state index contributed by atoms with van der Waals surface area (Å²) < 4.78 is 0. The highest BCUT2D eigenvalue weighted by molar-refractivity contribution is 6.00. The van der Waals surface area contributed by atoms with E-state index in [-0.39, 0.29) is 23.8 Å². The van der Waals surface area contributed by atoms with E-state index in [4.69, 9.17) is 0 Å². The Morgan fingerprint density at radius 3 is 2.21 bits per heavy atom. The normalized spacial score (nSPS) is 37.4. The Bertz CT molecular complexity index is 749. The maximum atomic E-state index is 13.0. The number of benzene rings is 1. The van der Waals surface area contributed by atoms with Gasteiger partial charge in [-0.25, -0.2) is 0 Å². The van der Waals surface area contributed by atoms with Crippen LogP contribution in [0.3, 0.4) is 0 Å². The van der Waals surface area contributed by atoms with E-state index in [1.807, 2.05) is 31.2 Å². The van der Waals surface area contributed by atoms with Gasteiger partial charge in [0.1, 0.15) is 0 Å². The fraction of sp³-hybridized carbons (Fsp3) is 0.667. The second kappa shape index (κ2) is 6.60. The van der Waals surface area contributed by atoms with E-state index in [1.165, 1.54) is 44.1 Å². The molecule has 2 atom stereocenters. The maximum absolute atomic E-state index is 13.0. The van der Waals surface area contributed by atoms with Crippen molar-refractivity contribution in [3.8, 4) is 0 Å². The van der Waals surface area contributed by atoms with E-state index in [9.17, 15) is 9.59 Å². The quantitative estimate of drug-likeness (QED) is 0.856. The Kier molecular flexibility index (Phi) is 4.29. The topological polar surface area (TPSA) is 49.4 Å². The molecule has 6 rings (SSSR count). The van der Waals surface area contributed by atoms with Crippen molar-refractivity contribution in [1.82, 2.24) is 5.32 Å². The molecule has 0 spiro atoms. The van der Waals surface area contributed by atoms with Crippen molar-refractivity contribution in [1.29, 1.82) is 0 Å². The van der Waals surface area contributed by atoms with E-state index in [1.54, 1.807) is 4.90 Å². The Hall–Kier alpha value is -1.84. The Morgan fingerprint density at radius 1 is 1.07 bits per heavy atom. The second-order valence-electron chi connectivity index (χ2n) is 10.3. The Morgan fingerprint density at radius 2 is 1.64 bits per heavy atom. The van der Waals surface area contributed by atoms with Gasteiger partial charge >= 0.3 is 0 Å². The minimum atomic E-state index is -0.231.